The molecule has 2 fully saturated rings. The van der Waals surface area contributed by atoms with E-state index in [9.17, 15) is 4.79 Å². The van der Waals surface area contributed by atoms with E-state index in [4.69, 9.17) is 0 Å². The number of rotatable bonds is 5. The molecule has 136 valence electrons. The number of piperidine rings is 1. The van der Waals surface area contributed by atoms with Gasteiger partial charge in [-0.1, -0.05) is 29.8 Å². The van der Waals surface area contributed by atoms with Crippen molar-refractivity contribution in [3.05, 3.63) is 53.9 Å². The van der Waals surface area contributed by atoms with Crippen LogP contribution in [0.3, 0.4) is 0 Å². The predicted octanol–water partition coefficient (Wildman–Crippen LogP) is 3.27. The molecule has 2 aliphatic rings. The van der Waals surface area contributed by atoms with Crippen molar-refractivity contribution in [3.8, 4) is 0 Å². The van der Waals surface area contributed by atoms with Crippen molar-refractivity contribution in [1.29, 1.82) is 0 Å². The third kappa shape index (κ3) is 3.87. The summed E-state index contributed by atoms with van der Waals surface area (Å²) in [6, 6.07) is 10.5. The molecule has 1 aliphatic carbocycles. The number of aromatic nitrogens is 2. The van der Waals surface area contributed by atoms with Gasteiger partial charge in [0.15, 0.2) is 0 Å². The molecule has 2 unspecified atom stereocenters. The van der Waals surface area contributed by atoms with E-state index in [1.54, 1.807) is 12.4 Å². The summed E-state index contributed by atoms with van der Waals surface area (Å²) in [5, 5.41) is 3.35. The molecular weight excluding hydrogens is 324 g/mol. The number of hydrogen-bond donors (Lipinski definition) is 1. The molecule has 1 aliphatic heterocycles. The Kier molecular flexibility index (Phi) is 4.87. The van der Waals surface area contributed by atoms with Crippen molar-refractivity contribution in [1.82, 2.24) is 15.3 Å². The van der Waals surface area contributed by atoms with E-state index in [2.05, 4.69) is 51.4 Å². The first-order valence-electron chi connectivity index (χ1n) is 9.59. The highest BCUT2D eigenvalue weighted by atomic mass is 16.2. The lowest BCUT2D eigenvalue weighted by Crippen LogP contribution is -2.44. The quantitative estimate of drug-likeness (QED) is 0.899. The minimum absolute atomic E-state index is 0.000690. The summed E-state index contributed by atoms with van der Waals surface area (Å²) in [5.41, 5.74) is 2.48. The molecule has 0 radical (unpaired) electrons. The molecular formula is C21H26N4O. The first kappa shape index (κ1) is 17.0. The van der Waals surface area contributed by atoms with Crippen molar-refractivity contribution in [2.75, 3.05) is 18.0 Å². The van der Waals surface area contributed by atoms with Gasteiger partial charge in [0, 0.05) is 25.5 Å². The van der Waals surface area contributed by atoms with Crippen LogP contribution in [-0.2, 0) is 4.79 Å². The summed E-state index contributed by atoms with van der Waals surface area (Å²) in [7, 11) is 0. The molecule has 2 heterocycles. The number of amides is 1. The molecule has 2 atom stereocenters. The van der Waals surface area contributed by atoms with Crippen LogP contribution in [0.15, 0.2) is 42.7 Å². The lowest BCUT2D eigenvalue weighted by Gasteiger charge is -2.33. The number of benzene rings is 1. The van der Waals surface area contributed by atoms with Crippen LogP contribution >= 0.6 is 0 Å². The van der Waals surface area contributed by atoms with Crippen molar-refractivity contribution >= 4 is 11.9 Å². The highest BCUT2D eigenvalue weighted by Crippen LogP contribution is 2.41. The molecule has 0 bridgehead atoms. The van der Waals surface area contributed by atoms with Crippen molar-refractivity contribution in [2.45, 2.75) is 38.6 Å². The van der Waals surface area contributed by atoms with Crippen LogP contribution in [0.1, 0.15) is 42.9 Å². The van der Waals surface area contributed by atoms with Gasteiger partial charge in [0.25, 0.3) is 0 Å². The van der Waals surface area contributed by atoms with E-state index in [0.29, 0.717) is 12.5 Å². The summed E-state index contributed by atoms with van der Waals surface area (Å²) >= 11 is 0. The van der Waals surface area contributed by atoms with E-state index in [0.717, 1.165) is 25.3 Å². The van der Waals surface area contributed by atoms with Gasteiger partial charge in [0.1, 0.15) is 0 Å². The maximum Gasteiger partial charge on any atom is 0.225 e. The van der Waals surface area contributed by atoms with Gasteiger partial charge in [0.05, 0.1) is 12.0 Å². The highest BCUT2D eigenvalue weighted by molar-refractivity contribution is 5.80. The fourth-order valence-electron chi connectivity index (χ4n) is 3.78. The Morgan fingerprint density at radius 3 is 2.58 bits per heavy atom. The molecule has 1 aromatic carbocycles. The molecule has 1 aromatic heterocycles. The van der Waals surface area contributed by atoms with Crippen LogP contribution in [0.5, 0.6) is 0 Å². The van der Waals surface area contributed by atoms with Gasteiger partial charge in [-0.15, -0.1) is 0 Å². The number of carbonyl (C=O) groups is 1. The molecule has 4 rings (SSSR count). The number of aryl methyl sites for hydroxylation is 1. The zero-order valence-corrected chi connectivity index (χ0v) is 15.3. The largest absolute Gasteiger partial charge is 0.349 e. The van der Waals surface area contributed by atoms with Gasteiger partial charge in [-0.25, -0.2) is 9.97 Å². The molecule has 5 nitrogen and oxygen atoms in total. The van der Waals surface area contributed by atoms with E-state index < -0.39 is 0 Å². The van der Waals surface area contributed by atoms with E-state index in [1.165, 1.54) is 24.0 Å². The average Bonchev–Trinajstić information content (AvgIpc) is 3.53. The smallest absolute Gasteiger partial charge is 0.225 e. The summed E-state index contributed by atoms with van der Waals surface area (Å²) in [5.74, 6) is 1.48. The van der Waals surface area contributed by atoms with Gasteiger partial charge in [-0.3, -0.25) is 4.79 Å². The summed E-state index contributed by atoms with van der Waals surface area (Å²) in [6.07, 6.45) is 7.84. The summed E-state index contributed by atoms with van der Waals surface area (Å²) in [4.78, 5) is 23.8. The number of hydrogen-bond acceptors (Lipinski definition) is 4. The molecule has 1 amide bonds. The highest BCUT2D eigenvalue weighted by Gasteiger charge is 2.35. The van der Waals surface area contributed by atoms with Gasteiger partial charge in [-0.05, 0) is 50.2 Å². The Morgan fingerprint density at radius 2 is 1.88 bits per heavy atom. The maximum atomic E-state index is 13.0. The third-order valence-electron chi connectivity index (χ3n) is 5.45. The summed E-state index contributed by atoms with van der Waals surface area (Å²) in [6.45, 7) is 3.70. The van der Waals surface area contributed by atoms with E-state index >= 15 is 0 Å². The average molecular weight is 350 g/mol. The van der Waals surface area contributed by atoms with Crippen LogP contribution in [0, 0.1) is 18.8 Å². The Hall–Kier alpha value is -2.43. The van der Waals surface area contributed by atoms with Crippen LogP contribution < -0.4 is 10.2 Å². The van der Waals surface area contributed by atoms with Crippen molar-refractivity contribution in [3.63, 3.8) is 0 Å². The molecule has 26 heavy (non-hydrogen) atoms. The Morgan fingerprint density at radius 1 is 1.15 bits per heavy atom. The lowest BCUT2D eigenvalue weighted by molar-refractivity contribution is -0.126. The second-order valence-corrected chi connectivity index (χ2v) is 7.57. The van der Waals surface area contributed by atoms with Crippen LogP contribution in [-0.4, -0.2) is 29.0 Å². The second kappa shape index (κ2) is 7.44. The topological polar surface area (TPSA) is 58.1 Å². The van der Waals surface area contributed by atoms with Gasteiger partial charge in [-0.2, -0.15) is 0 Å². The molecule has 0 spiro atoms. The molecule has 1 saturated heterocycles. The zero-order chi connectivity index (χ0) is 17.9. The van der Waals surface area contributed by atoms with Crippen molar-refractivity contribution < 1.29 is 4.79 Å². The zero-order valence-electron chi connectivity index (χ0n) is 15.3. The van der Waals surface area contributed by atoms with E-state index in [-0.39, 0.29) is 17.9 Å². The number of carbonyl (C=O) groups excluding carboxylic acids is 1. The minimum atomic E-state index is -0.000690. The lowest BCUT2D eigenvalue weighted by atomic mass is 9.95. The van der Waals surface area contributed by atoms with Crippen LogP contribution in [0.4, 0.5) is 5.95 Å². The van der Waals surface area contributed by atoms with Gasteiger partial charge < -0.3 is 10.2 Å². The Labute approximate surface area is 154 Å². The number of anilines is 1. The number of nitrogens with one attached hydrogen (secondary N) is 1. The van der Waals surface area contributed by atoms with Crippen LogP contribution in [0.25, 0.3) is 0 Å². The maximum absolute atomic E-state index is 13.0. The SMILES string of the molecule is Cc1ccc(C(NC(=O)C2CCCN(c3ncccn3)C2)C2CC2)cc1. The van der Waals surface area contributed by atoms with Crippen molar-refractivity contribution in [2.24, 2.45) is 11.8 Å². The predicted molar refractivity (Wildman–Crippen MR) is 102 cm³/mol. The first-order chi connectivity index (χ1) is 12.7. The van der Waals surface area contributed by atoms with Gasteiger partial charge >= 0.3 is 0 Å². The monoisotopic (exact) mass is 350 g/mol. The Bertz CT molecular complexity index is 742. The number of nitrogens with zero attached hydrogens (tertiary/aromatic N) is 3. The molecule has 1 saturated carbocycles. The van der Waals surface area contributed by atoms with Gasteiger partial charge in [0.2, 0.25) is 11.9 Å². The first-order valence-corrected chi connectivity index (χ1v) is 9.59. The van der Waals surface area contributed by atoms with Crippen LogP contribution in [0.2, 0.25) is 0 Å². The molecule has 5 heteroatoms. The second-order valence-electron chi connectivity index (χ2n) is 7.57. The third-order valence-corrected chi connectivity index (χ3v) is 5.45. The standard InChI is InChI=1S/C21H26N4O/c1-15-5-7-16(8-6-15)19(17-9-10-17)24-20(26)18-4-2-13-25(14-18)21-22-11-3-12-23-21/h3,5-8,11-12,17-19H,2,4,9-10,13-14H2,1H3,(H,24,26). The molecule has 1 N–H and O–H groups in total. The fraction of sp³-hybridized carbons (Fsp3) is 0.476. The normalized spacial score (nSPS) is 21.3. The minimum Gasteiger partial charge on any atom is -0.349 e. The molecule has 2 aromatic rings. The Balaban J connectivity index is 1.43. The summed E-state index contributed by atoms with van der Waals surface area (Å²) < 4.78 is 0. The fourth-order valence-corrected chi connectivity index (χ4v) is 3.78. The van der Waals surface area contributed by atoms with E-state index in [1.807, 2.05) is 6.07 Å².